The van der Waals surface area contributed by atoms with Crippen LogP contribution in [0, 0.1) is 6.92 Å². The smallest absolute Gasteiger partial charge is 0.231 e. The van der Waals surface area contributed by atoms with Gasteiger partial charge in [0.25, 0.3) is 0 Å². The summed E-state index contributed by atoms with van der Waals surface area (Å²) in [5.74, 6) is 2.19. The molecule has 35 heavy (non-hydrogen) atoms. The minimum absolute atomic E-state index is 0.469. The Bertz CT molecular complexity index is 1110. The molecule has 8 nitrogen and oxygen atoms in total. The van der Waals surface area contributed by atoms with Crippen LogP contribution >= 0.6 is 0 Å². The number of rotatable bonds is 9. The number of pyridine rings is 1. The summed E-state index contributed by atoms with van der Waals surface area (Å²) in [7, 11) is 0. The molecule has 0 radical (unpaired) electrons. The Morgan fingerprint density at radius 1 is 0.857 bits per heavy atom. The summed E-state index contributed by atoms with van der Waals surface area (Å²) in [5, 5.41) is 11.8. The molecule has 3 aromatic rings. The number of anilines is 4. The molecule has 3 N–H and O–H groups in total. The van der Waals surface area contributed by atoms with Crippen molar-refractivity contribution in [2.24, 2.45) is 0 Å². The van der Waals surface area contributed by atoms with Gasteiger partial charge in [-0.3, -0.25) is 4.98 Å². The van der Waals surface area contributed by atoms with E-state index in [9.17, 15) is 0 Å². The molecule has 1 aliphatic heterocycles. The molecule has 2 aromatic heterocycles. The average molecular weight is 475 g/mol. The first-order valence-corrected chi connectivity index (χ1v) is 13.4. The highest BCUT2D eigenvalue weighted by atomic mass is 15.3. The summed E-state index contributed by atoms with van der Waals surface area (Å²) in [6.07, 6.45) is 12.8. The number of nitrogens with zero attached hydrogens (tertiary/aromatic N) is 5. The Labute approximate surface area is 208 Å². The van der Waals surface area contributed by atoms with Crippen LogP contribution in [-0.2, 0) is 0 Å². The van der Waals surface area contributed by atoms with Gasteiger partial charge in [-0.2, -0.15) is 15.0 Å². The normalized spacial score (nSPS) is 16.9. The second-order valence-corrected chi connectivity index (χ2v) is 9.90. The van der Waals surface area contributed by atoms with E-state index in [-0.39, 0.29) is 0 Å². The van der Waals surface area contributed by atoms with Gasteiger partial charge in [0.15, 0.2) is 0 Å². The highest BCUT2D eigenvalue weighted by molar-refractivity contribution is 5.91. The minimum atomic E-state index is 0.469. The van der Waals surface area contributed by atoms with Crippen LogP contribution in [0.15, 0.2) is 30.5 Å². The van der Waals surface area contributed by atoms with Crippen LogP contribution in [0.2, 0.25) is 0 Å². The molecule has 5 rings (SSSR count). The monoisotopic (exact) mass is 474 g/mol. The van der Waals surface area contributed by atoms with Crippen LogP contribution in [-0.4, -0.2) is 52.2 Å². The van der Waals surface area contributed by atoms with Gasteiger partial charge in [0, 0.05) is 49.5 Å². The fraction of sp³-hybridized carbons (Fsp3) is 0.556. The molecular weight excluding hydrogens is 436 g/mol. The third-order valence-corrected chi connectivity index (χ3v) is 7.05. The van der Waals surface area contributed by atoms with Gasteiger partial charge in [-0.05, 0) is 63.1 Å². The Morgan fingerprint density at radius 3 is 2.49 bits per heavy atom. The lowest BCUT2D eigenvalue weighted by atomic mass is 9.96. The van der Waals surface area contributed by atoms with Crippen LogP contribution in [0.4, 0.5) is 23.5 Å². The molecule has 8 heteroatoms. The van der Waals surface area contributed by atoms with Crippen LogP contribution < -0.4 is 20.9 Å². The Morgan fingerprint density at radius 2 is 1.63 bits per heavy atom. The SMILES string of the molecule is Cc1ccc2c(NCCCNc3nc(NC4CCCCC4)nc(N4CCCCC4)n3)ccnc2c1. The summed E-state index contributed by atoms with van der Waals surface area (Å²) in [6.45, 7) is 5.80. The summed E-state index contributed by atoms with van der Waals surface area (Å²) in [5.41, 5.74) is 3.38. The van der Waals surface area contributed by atoms with Gasteiger partial charge < -0.3 is 20.9 Å². The summed E-state index contributed by atoms with van der Waals surface area (Å²) in [4.78, 5) is 21.1. The zero-order chi connectivity index (χ0) is 23.9. The first kappa shape index (κ1) is 23.6. The number of aromatic nitrogens is 4. The number of piperidine rings is 1. The maximum Gasteiger partial charge on any atom is 0.231 e. The van der Waals surface area contributed by atoms with Crippen LogP contribution in [0.25, 0.3) is 10.9 Å². The molecule has 0 amide bonds. The maximum atomic E-state index is 4.80. The summed E-state index contributed by atoms with van der Waals surface area (Å²) in [6, 6.07) is 8.92. The predicted molar refractivity (Wildman–Crippen MR) is 144 cm³/mol. The van der Waals surface area contributed by atoms with Crippen molar-refractivity contribution in [3.63, 3.8) is 0 Å². The minimum Gasteiger partial charge on any atom is -0.384 e. The molecule has 1 saturated heterocycles. The molecule has 2 fully saturated rings. The number of nitrogens with one attached hydrogen (secondary N) is 3. The lowest BCUT2D eigenvalue weighted by Crippen LogP contribution is -2.32. The van der Waals surface area contributed by atoms with Crippen LogP contribution in [0.3, 0.4) is 0 Å². The molecule has 1 aromatic carbocycles. The molecular formula is C27H38N8. The van der Waals surface area contributed by atoms with Crippen molar-refractivity contribution >= 4 is 34.4 Å². The van der Waals surface area contributed by atoms with Crippen molar-refractivity contribution < 1.29 is 0 Å². The zero-order valence-corrected chi connectivity index (χ0v) is 20.9. The van der Waals surface area contributed by atoms with E-state index in [4.69, 9.17) is 15.0 Å². The van der Waals surface area contributed by atoms with Gasteiger partial charge in [0.2, 0.25) is 17.8 Å². The second-order valence-electron chi connectivity index (χ2n) is 9.90. The van der Waals surface area contributed by atoms with Crippen molar-refractivity contribution in [3.8, 4) is 0 Å². The predicted octanol–water partition coefficient (Wildman–Crippen LogP) is 5.38. The third kappa shape index (κ3) is 6.29. The summed E-state index contributed by atoms with van der Waals surface area (Å²) >= 11 is 0. The molecule has 0 unspecified atom stereocenters. The van der Waals surface area contributed by atoms with E-state index in [1.807, 2.05) is 12.3 Å². The second kappa shape index (κ2) is 11.5. The standard InChI is InChI=1S/C27H38N8/c1-20-11-12-22-23(13-16-29-24(22)19-20)28-14-8-15-30-25-32-26(31-21-9-4-2-5-10-21)34-27(33-25)35-17-6-3-7-18-35/h11-13,16,19,21H,2-10,14-15,17-18H2,1H3,(H,28,29)(H2,30,31,32,33,34). The van der Waals surface area contributed by atoms with Crippen molar-refractivity contribution in [2.45, 2.75) is 70.8 Å². The van der Waals surface area contributed by atoms with Crippen molar-refractivity contribution in [3.05, 3.63) is 36.0 Å². The topological polar surface area (TPSA) is 90.9 Å². The van der Waals surface area contributed by atoms with E-state index in [1.165, 1.54) is 56.9 Å². The van der Waals surface area contributed by atoms with Gasteiger partial charge in [-0.1, -0.05) is 31.4 Å². The highest BCUT2D eigenvalue weighted by Crippen LogP contribution is 2.24. The average Bonchev–Trinajstić information content (AvgIpc) is 2.89. The van der Waals surface area contributed by atoms with E-state index in [0.717, 1.165) is 55.1 Å². The van der Waals surface area contributed by atoms with Gasteiger partial charge in [0.05, 0.1) is 5.52 Å². The van der Waals surface area contributed by atoms with E-state index in [1.54, 1.807) is 0 Å². The molecule has 0 spiro atoms. The molecule has 3 heterocycles. The summed E-state index contributed by atoms with van der Waals surface area (Å²) < 4.78 is 0. The number of hydrogen-bond donors (Lipinski definition) is 3. The van der Waals surface area contributed by atoms with Gasteiger partial charge in [-0.15, -0.1) is 0 Å². The Kier molecular flexibility index (Phi) is 7.75. The molecule has 1 aliphatic carbocycles. The molecule has 0 atom stereocenters. The lowest BCUT2D eigenvalue weighted by Gasteiger charge is -2.28. The zero-order valence-electron chi connectivity index (χ0n) is 20.9. The third-order valence-electron chi connectivity index (χ3n) is 7.05. The van der Waals surface area contributed by atoms with Gasteiger partial charge in [-0.25, -0.2) is 0 Å². The fourth-order valence-corrected chi connectivity index (χ4v) is 5.10. The van der Waals surface area contributed by atoms with Crippen molar-refractivity contribution in [2.75, 3.05) is 47.0 Å². The largest absolute Gasteiger partial charge is 0.384 e. The number of hydrogen-bond acceptors (Lipinski definition) is 8. The van der Waals surface area contributed by atoms with Crippen LogP contribution in [0.5, 0.6) is 0 Å². The quantitative estimate of drug-likeness (QED) is 0.356. The van der Waals surface area contributed by atoms with E-state index < -0.39 is 0 Å². The Balaban J connectivity index is 1.19. The first-order chi connectivity index (χ1) is 17.2. The van der Waals surface area contributed by atoms with Gasteiger partial charge in [0.1, 0.15) is 0 Å². The molecule has 0 bridgehead atoms. The fourth-order valence-electron chi connectivity index (χ4n) is 5.10. The van der Waals surface area contributed by atoms with E-state index in [2.05, 4.69) is 51.0 Å². The lowest BCUT2D eigenvalue weighted by molar-refractivity contribution is 0.460. The van der Waals surface area contributed by atoms with Gasteiger partial charge >= 0.3 is 0 Å². The number of fused-ring (bicyclic) bond motifs is 1. The van der Waals surface area contributed by atoms with Crippen molar-refractivity contribution in [1.29, 1.82) is 0 Å². The first-order valence-electron chi connectivity index (χ1n) is 13.4. The molecule has 2 aliphatic rings. The number of benzene rings is 1. The number of aryl methyl sites for hydroxylation is 1. The van der Waals surface area contributed by atoms with E-state index in [0.29, 0.717) is 17.9 Å². The Hall–Kier alpha value is -3.16. The molecule has 186 valence electrons. The van der Waals surface area contributed by atoms with E-state index >= 15 is 0 Å². The molecule has 1 saturated carbocycles. The maximum absolute atomic E-state index is 4.80. The van der Waals surface area contributed by atoms with Crippen molar-refractivity contribution in [1.82, 2.24) is 19.9 Å². The highest BCUT2D eigenvalue weighted by Gasteiger charge is 2.19. The van der Waals surface area contributed by atoms with Crippen LogP contribution in [0.1, 0.15) is 63.4 Å².